The first-order valence-corrected chi connectivity index (χ1v) is 9.03. The van der Waals surface area contributed by atoms with Gasteiger partial charge in [-0.25, -0.2) is 4.79 Å². The summed E-state index contributed by atoms with van der Waals surface area (Å²) in [4.78, 5) is 36.1. The van der Waals surface area contributed by atoms with Gasteiger partial charge in [0.15, 0.2) is 0 Å². The lowest BCUT2D eigenvalue weighted by atomic mass is 10.0. The van der Waals surface area contributed by atoms with E-state index in [1.807, 2.05) is 44.2 Å². The summed E-state index contributed by atoms with van der Waals surface area (Å²) in [6, 6.07) is 8.47. The molecule has 2 N–H and O–H groups in total. The van der Waals surface area contributed by atoms with Crippen molar-refractivity contribution in [3.63, 3.8) is 0 Å². The van der Waals surface area contributed by atoms with Crippen LogP contribution in [0.1, 0.15) is 46.6 Å². The molecular weight excluding hydrogens is 348 g/mol. The van der Waals surface area contributed by atoms with E-state index < -0.39 is 29.6 Å². The van der Waals surface area contributed by atoms with Gasteiger partial charge in [-0.2, -0.15) is 0 Å². The Morgan fingerprint density at radius 1 is 1.07 bits per heavy atom. The zero-order valence-electron chi connectivity index (χ0n) is 16.7. The summed E-state index contributed by atoms with van der Waals surface area (Å²) >= 11 is 0. The summed E-state index contributed by atoms with van der Waals surface area (Å²) < 4.78 is 10.3. The molecule has 0 radical (unpaired) electrons. The first-order valence-electron chi connectivity index (χ1n) is 9.03. The highest BCUT2D eigenvalue weighted by molar-refractivity contribution is 5.88. The molecule has 27 heavy (non-hydrogen) atoms. The molecule has 150 valence electrons. The van der Waals surface area contributed by atoms with Crippen LogP contribution in [0.2, 0.25) is 0 Å². The van der Waals surface area contributed by atoms with Crippen LogP contribution >= 0.6 is 0 Å². The van der Waals surface area contributed by atoms with Crippen LogP contribution < -0.4 is 10.6 Å². The van der Waals surface area contributed by atoms with Gasteiger partial charge in [0.05, 0.1) is 0 Å². The van der Waals surface area contributed by atoms with Crippen molar-refractivity contribution in [3.05, 3.63) is 35.9 Å². The van der Waals surface area contributed by atoms with Crippen LogP contribution in [0.5, 0.6) is 0 Å². The Bertz CT molecular complexity index is 623. The normalized spacial score (nSPS) is 12.2. The lowest BCUT2D eigenvalue weighted by Crippen LogP contribution is -2.49. The predicted molar refractivity (Wildman–Crippen MR) is 102 cm³/mol. The SMILES string of the molecule is CC(C)CC(NC(=O)OC(C)(C)C)C(=O)NCC(=O)OCc1ccccc1. The minimum atomic E-state index is -0.790. The smallest absolute Gasteiger partial charge is 0.408 e. The minimum absolute atomic E-state index is 0.140. The second-order valence-corrected chi connectivity index (χ2v) is 7.69. The molecule has 2 amide bonds. The van der Waals surface area contributed by atoms with Gasteiger partial charge in [0, 0.05) is 0 Å². The lowest BCUT2D eigenvalue weighted by Gasteiger charge is -2.24. The molecule has 1 unspecified atom stereocenters. The van der Waals surface area contributed by atoms with Crippen molar-refractivity contribution in [1.82, 2.24) is 10.6 Å². The molecule has 7 nitrogen and oxygen atoms in total. The maximum absolute atomic E-state index is 12.4. The Balaban J connectivity index is 2.50. The topological polar surface area (TPSA) is 93.7 Å². The van der Waals surface area contributed by atoms with Gasteiger partial charge in [-0.05, 0) is 38.7 Å². The summed E-state index contributed by atoms with van der Waals surface area (Å²) in [5, 5.41) is 5.07. The summed E-state index contributed by atoms with van der Waals surface area (Å²) in [7, 11) is 0. The fourth-order valence-corrected chi connectivity index (χ4v) is 2.22. The van der Waals surface area contributed by atoms with Gasteiger partial charge in [-0.3, -0.25) is 9.59 Å². The van der Waals surface area contributed by atoms with Gasteiger partial charge >= 0.3 is 12.1 Å². The minimum Gasteiger partial charge on any atom is -0.460 e. The number of nitrogens with one attached hydrogen (secondary N) is 2. The van der Waals surface area contributed by atoms with E-state index in [0.29, 0.717) is 6.42 Å². The van der Waals surface area contributed by atoms with Crippen molar-refractivity contribution in [2.45, 2.75) is 59.3 Å². The lowest BCUT2D eigenvalue weighted by molar-refractivity contribution is -0.145. The molecule has 7 heteroatoms. The number of amides is 2. The fraction of sp³-hybridized carbons (Fsp3) is 0.550. The molecular formula is C20H30N2O5. The third-order valence-electron chi connectivity index (χ3n) is 3.36. The second-order valence-electron chi connectivity index (χ2n) is 7.69. The number of benzene rings is 1. The number of ether oxygens (including phenoxy) is 2. The van der Waals surface area contributed by atoms with Gasteiger partial charge in [-0.15, -0.1) is 0 Å². The predicted octanol–water partition coefficient (Wildman–Crippen LogP) is 2.79. The number of carbonyl (C=O) groups is 3. The van der Waals surface area contributed by atoms with E-state index in [1.54, 1.807) is 20.8 Å². The Morgan fingerprint density at radius 2 is 1.70 bits per heavy atom. The van der Waals surface area contributed by atoms with Crippen molar-refractivity contribution in [3.8, 4) is 0 Å². The van der Waals surface area contributed by atoms with Crippen molar-refractivity contribution in [2.75, 3.05) is 6.54 Å². The molecule has 0 aliphatic rings. The maximum Gasteiger partial charge on any atom is 0.408 e. The maximum atomic E-state index is 12.4. The van der Waals surface area contributed by atoms with Crippen LogP contribution in [-0.4, -0.2) is 36.2 Å². The molecule has 1 aromatic rings. The molecule has 1 rings (SSSR count). The third kappa shape index (κ3) is 10.2. The van der Waals surface area contributed by atoms with E-state index in [1.165, 1.54) is 0 Å². The Hall–Kier alpha value is -2.57. The summed E-state index contributed by atoms with van der Waals surface area (Å²) in [5.41, 5.74) is 0.200. The molecule has 0 heterocycles. The molecule has 1 aromatic carbocycles. The van der Waals surface area contributed by atoms with Crippen molar-refractivity contribution < 1.29 is 23.9 Å². The largest absolute Gasteiger partial charge is 0.460 e. The van der Waals surface area contributed by atoms with E-state index in [9.17, 15) is 14.4 Å². The van der Waals surface area contributed by atoms with Gasteiger partial charge in [0.1, 0.15) is 24.8 Å². The summed E-state index contributed by atoms with van der Waals surface area (Å²) in [5.74, 6) is -0.834. The molecule has 0 saturated carbocycles. The molecule has 0 aliphatic heterocycles. The van der Waals surface area contributed by atoms with Crippen molar-refractivity contribution >= 4 is 18.0 Å². The second kappa shape index (κ2) is 10.5. The fourth-order valence-electron chi connectivity index (χ4n) is 2.22. The highest BCUT2D eigenvalue weighted by Gasteiger charge is 2.25. The zero-order valence-corrected chi connectivity index (χ0v) is 16.7. The molecule has 0 aliphatic carbocycles. The van der Waals surface area contributed by atoms with E-state index in [2.05, 4.69) is 10.6 Å². The third-order valence-corrected chi connectivity index (χ3v) is 3.36. The average molecular weight is 378 g/mol. The van der Waals surface area contributed by atoms with Crippen LogP contribution in [0.25, 0.3) is 0 Å². The molecule has 0 saturated heterocycles. The van der Waals surface area contributed by atoms with Crippen LogP contribution in [-0.2, 0) is 25.7 Å². The molecule has 1 atom stereocenters. The van der Waals surface area contributed by atoms with Crippen LogP contribution in [0.4, 0.5) is 4.79 Å². The molecule has 0 aromatic heterocycles. The quantitative estimate of drug-likeness (QED) is 0.679. The number of alkyl carbamates (subject to hydrolysis) is 1. The van der Waals surface area contributed by atoms with Gasteiger partial charge in [-0.1, -0.05) is 44.2 Å². The molecule has 0 spiro atoms. The van der Waals surface area contributed by atoms with Crippen LogP contribution in [0.3, 0.4) is 0 Å². The standard InChI is InChI=1S/C20H30N2O5/c1-14(2)11-16(22-19(25)27-20(3,4)5)18(24)21-12-17(23)26-13-15-9-7-6-8-10-15/h6-10,14,16H,11-13H2,1-5H3,(H,21,24)(H,22,25). The zero-order chi connectivity index (χ0) is 20.4. The Kier molecular flexibility index (Phi) is 8.78. The first-order chi connectivity index (χ1) is 12.6. The van der Waals surface area contributed by atoms with Crippen LogP contribution in [0, 0.1) is 5.92 Å². The molecule has 0 bridgehead atoms. The summed E-state index contributed by atoms with van der Waals surface area (Å²) in [6.45, 7) is 8.97. The van der Waals surface area contributed by atoms with Gasteiger partial charge < -0.3 is 20.1 Å². The number of rotatable bonds is 8. The van der Waals surface area contributed by atoms with Crippen molar-refractivity contribution in [1.29, 1.82) is 0 Å². The number of hydrogen-bond donors (Lipinski definition) is 2. The Morgan fingerprint density at radius 3 is 2.26 bits per heavy atom. The van der Waals surface area contributed by atoms with Gasteiger partial charge in [0.2, 0.25) is 5.91 Å². The average Bonchev–Trinajstić information content (AvgIpc) is 2.56. The Labute approximate surface area is 160 Å². The molecule has 0 fully saturated rings. The van der Waals surface area contributed by atoms with E-state index >= 15 is 0 Å². The van der Waals surface area contributed by atoms with E-state index in [-0.39, 0.29) is 19.1 Å². The first kappa shape index (κ1) is 22.5. The summed E-state index contributed by atoms with van der Waals surface area (Å²) in [6.07, 6.45) is -0.251. The van der Waals surface area contributed by atoms with Crippen LogP contribution in [0.15, 0.2) is 30.3 Å². The number of carbonyl (C=O) groups excluding carboxylic acids is 3. The number of esters is 1. The van der Waals surface area contributed by atoms with E-state index in [4.69, 9.17) is 9.47 Å². The monoisotopic (exact) mass is 378 g/mol. The highest BCUT2D eigenvalue weighted by atomic mass is 16.6. The van der Waals surface area contributed by atoms with E-state index in [0.717, 1.165) is 5.56 Å². The highest BCUT2D eigenvalue weighted by Crippen LogP contribution is 2.09. The van der Waals surface area contributed by atoms with Crippen molar-refractivity contribution in [2.24, 2.45) is 5.92 Å². The number of hydrogen-bond acceptors (Lipinski definition) is 5. The van der Waals surface area contributed by atoms with Gasteiger partial charge in [0.25, 0.3) is 0 Å².